The standard InChI is InChI=1S/C16H23F3N4O3/c1-11(10-23-6-3-4-13(23)25)9-21-12(24)8-15(26,16(17,18)19)14-20-5-7-22(14)2/h5,7,11,26H,3-4,6,8-10H2,1-2H3,(H,21,24)/t11-,15+/m1/s1. The first-order chi connectivity index (χ1) is 12.0. The Bertz CT molecular complexity index is 661. The fourth-order valence-corrected chi connectivity index (χ4v) is 2.99. The Balaban J connectivity index is 1.95. The molecule has 2 amide bonds. The summed E-state index contributed by atoms with van der Waals surface area (Å²) in [4.78, 5) is 28.8. The molecule has 0 saturated carbocycles. The van der Waals surface area contributed by atoms with Crippen molar-refractivity contribution in [2.45, 2.75) is 38.0 Å². The monoisotopic (exact) mass is 376 g/mol. The van der Waals surface area contributed by atoms with Gasteiger partial charge in [-0.25, -0.2) is 4.98 Å². The maximum atomic E-state index is 13.4. The molecule has 0 spiro atoms. The second-order valence-corrected chi connectivity index (χ2v) is 6.75. The zero-order valence-electron chi connectivity index (χ0n) is 14.7. The van der Waals surface area contributed by atoms with Gasteiger partial charge in [-0.15, -0.1) is 0 Å². The number of nitrogens with one attached hydrogen (secondary N) is 1. The molecule has 0 aromatic carbocycles. The molecule has 1 aliphatic heterocycles. The molecule has 2 rings (SSSR count). The molecule has 7 nitrogen and oxygen atoms in total. The van der Waals surface area contributed by atoms with Gasteiger partial charge in [0.05, 0.1) is 6.42 Å². The van der Waals surface area contributed by atoms with Gasteiger partial charge in [0.25, 0.3) is 0 Å². The zero-order chi connectivity index (χ0) is 19.5. The number of imidazole rings is 1. The van der Waals surface area contributed by atoms with Gasteiger partial charge in [-0.1, -0.05) is 6.92 Å². The Morgan fingerprint density at radius 3 is 2.65 bits per heavy atom. The molecule has 0 bridgehead atoms. The van der Waals surface area contributed by atoms with E-state index in [2.05, 4.69) is 10.3 Å². The SMILES string of the molecule is C[C@H](CNC(=O)C[C@](O)(c1nccn1C)C(F)(F)F)CN1CCCC1=O. The lowest BCUT2D eigenvalue weighted by Gasteiger charge is -2.29. The summed E-state index contributed by atoms with van der Waals surface area (Å²) in [6.45, 7) is 2.99. The molecule has 1 fully saturated rings. The summed E-state index contributed by atoms with van der Waals surface area (Å²) < 4.78 is 41.2. The molecule has 2 atom stereocenters. The summed E-state index contributed by atoms with van der Waals surface area (Å²) in [5, 5.41) is 12.6. The van der Waals surface area contributed by atoms with E-state index in [0.29, 0.717) is 19.5 Å². The Labute approximate surface area is 149 Å². The molecule has 1 aromatic rings. The number of aromatic nitrogens is 2. The first kappa shape index (κ1) is 20.2. The molecule has 0 unspecified atom stereocenters. The highest BCUT2D eigenvalue weighted by molar-refractivity contribution is 5.78. The van der Waals surface area contributed by atoms with Crippen LogP contribution in [0.3, 0.4) is 0 Å². The quantitative estimate of drug-likeness (QED) is 0.741. The predicted octanol–water partition coefficient (Wildman–Crippen LogP) is 0.935. The van der Waals surface area contributed by atoms with Gasteiger partial charge in [0.1, 0.15) is 0 Å². The largest absolute Gasteiger partial charge is 0.425 e. The maximum Gasteiger partial charge on any atom is 0.425 e. The molecular weight excluding hydrogens is 353 g/mol. The Hall–Kier alpha value is -2.10. The molecule has 0 aliphatic carbocycles. The molecule has 1 saturated heterocycles. The normalized spacial score (nSPS) is 18.7. The van der Waals surface area contributed by atoms with Crippen LogP contribution in [0.15, 0.2) is 12.4 Å². The fourth-order valence-electron chi connectivity index (χ4n) is 2.99. The van der Waals surface area contributed by atoms with Crippen molar-refractivity contribution in [1.29, 1.82) is 0 Å². The number of aliphatic hydroxyl groups is 1. The van der Waals surface area contributed by atoms with Crippen LogP contribution < -0.4 is 5.32 Å². The smallest absolute Gasteiger partial charge is 0.374 e. The molecule has 10 heteroatoms. The van der Waals surface area contributed by atoms with E-state index in [-0.39, 0.29) is 18.4 Å². The van der Waals surface area contributed by atoms with Crippen LogP contribution in [0, 0.1) is 5.92 Å². The molecule has 2 N–H and O–H groups in total. The van der Waals surface area contributed by atoms with Crippen molar-refractivity contribution in [3.8, 4) is 0 Å². The number of halogens is 3. The summed E-state index contributed by atoms with van der Waals surface area (Å²) in [6.07, 6.45) is -2.56. The van der Waals surface area contributed by atoms with Crippen LogP contribution in [0.4, 0.5) is 13.2 Å². The fraction of sp³-hybridized carbons (Fsp3) is 0.688. The van der Waals surface area contributed by atoms with E-state index < -0.39 is 29.9 Å². The van der Waals surface area contributed by atoms with E-state index in [9.17, 15) is 27.9 Å². The van der Waals surface area contributed by atoms with Crippen LogP contribution in [0.25, 0.3) is 0 Å². The number of hydrogen-bond acceptors (Lipinski definition) is 4. The number of carbonyl (C=O) groups is 2. The second-order valence-electron chi connectivity index (χ2n) is 6.75. The highest BCUT2D eigenvalue weighted by Crippen LogP contribution is 2.40. The van der Waals surface area contributed by atoms with Gasteiger partial charge in [0.15, 0.2) is 5.82 Å². The van der Waals surface area contributed by atoms with Gasteiger partial charge >= 0.3 is 6.18 Å². The molecule has 1 aromatic heterocycles. The number of alkyl halides is 3. The van der Waals surface area contributed by atoms with Gasteiger partial charge < -0.3 is 19.9 Å². The number of aryl methyl sites for hydroxylation is 1. The maximum absolute atomic E-state index is 13.4. The summed E-state index contributed by atoms with van der Waals surface area (Å²) in [5.41, 5.74) is -3.37. The number of amides is 2. The van der Waals surface area contributed by atoms with Crippen LogP contribution >= 0.6 is 0 Å². The summed E-state index contributed by atoms with van der Waals surface area (Å²) in [7, 11) is 1.31. The van der Waals surface area contributed by atoms with E-state index in [4.69, 9.17) is 0 Å². The highest BCUT2D eigenvalue weighted by Gasteiger charge is 2.58. The minimum absolute atomic E-state index is 0.0457. The Morgan fingerprint density at radius 2 is 2.15 bits per heavy atom. The van der Waals surface area contributed by atoms with Gasteiger partial charge in [0, 0.05) is 45.5 Å². The average Bonchev–Trinajstić information content (AvgIpc) is 3.13. The number of nitrogens with zero attached hydrogens (tertiary/aromatic N) is 3. The van der Waals surface area contributed by atoms with Gasteiger partial charge in [-0.05, 0) is 12.3 Å². The van der Waals surface area contributed by atoms with Crippen molar-refractivity contribution < 1.29 is 27.9 Å². The lowest BCUT2D eigenvalue weighted by molar-refractivity contribution is -0.271. The van der Waals surface area contributed by atoms with Crippen LogP contribution in [0.2, 0.25) is 0 Å². The number of carbonyl (C=O) groups excluding carboxylic acids is 2. The third-order valence-corrected chi connectivity index (χ3v) is 4.43. The minimum atomic E-state index is -5.06. The van der Waals surface area contributed by atoms with Crippen molar-refractivity contribution in [3.63, 3.8) is 0 Å². The van der Waals surface area contributed by atoms with E-state index in [1.807, 2.05) is 0 Å². The zero-order valence-corrected chi connectivity index (χ0v) is 14.7. The van der Waals surface area contributed by atoms with Gasteiger partial charge in [-0.2, -0.15) is 13.2 Å². The Morgan fingerprint density at radius 1 is 1.46 bits per heavy atom. The van der Waals surface area contributed by atoms with Crippen LogP contribution in [-0.4, -0.2) is 57.2 Å². The van der Waals surface area contributed by atoms with E-state index in [1.165, 1.54) is 13.2 Å². The summed E-state index contributed by atoms with van der Waals surface area (Å²) in [5.74, 6) is -1.65. The predicted molar refractivity (Wildman–Crippen MR) is 85.8 cm³/mol. The third-order valence-electron chi connectivity index (χ3n) is 4.43. The van der Waals surface area contributed by atoms with Crippen LogP contribution in [0.5, 0.6) is 0 Å². The van der Waals surface area contributed by atoms with Crippen molar-refractivity contribution in [2.75, 3.05) is 19.6 Å². The molecular formula is C16H23F3N4O3. The van der Waals surface area contributed by atoms with E-state index >= 15 is 0 Å². The topological polar surface area (TPSA) is 87.5 Å². The first-order valence-electron chi connectivity index (χ1n) is 8.36. The van der Waals surface area contributed by atoms with Gasteiger partial charge in [-0.3, -0.25) is 9.59 Å². The van der Waals surface area contributed by atoms with Gasteiger partial charge in [0.2, 0.25) is 17.4 Å². The van der Waals surface area contributed by atoms with Crippen LogP contribution in [-0.2, 0) is 22.2 Å². The van der Waals surface area contributed by atoms with Crippen molar-refractivity contribution in [2.24, 2.45) is 13.0 Å². The van der Waals surface area contributed by atoms with E-state index in [1.54, 1.807) is 11.8 Å². The molecule has 1 aliphatic rings. The van der Waals surface area contributed by atoms with Crippen molar-refractivity contribution >= 4 is 11.8 Å². The number of likely N-dealkylation sites (tertiary alicyclic amines) is 1. The highest BCUT2D eigenvalue weighted by atomic mass is 19.4. The number of hydrogen-bond donors (Lipinski definition) is 2. The third kappa shape index (κ3) is 4.35. The minimum Gasteiger partial charge on any atom is -0.374 e. The number of rotatable bonds is 7. The Kier molecular flexibility index (Phi) is 5.94. The second kappa shape index (κ2) is 7.65. The summed E-state index contributed by atoms with van der Waals surface area (Å²) in [6, 6.07) is 0. The van der Waals surface area contributed by atoms with Crippen molar-refractivity contribution in [1.82, 2.24) is 19.8 Å². The molecule has 0 radical (unpaired) electrons. The lowest BCUT2D eigenvalue weighted by atomic mass is 9.97. The van der Waals surface area contributed by atoms with E-state index in [0.717, 1.165) is 17.2 Å². The average molecular weight is 376 g/mol. The molecule has 146 valence electrons. The lowest BCUT2D eigenvalue weighted by Crippen LogP contribution is -2.48. The molecule has 26 heavy (non-hydrogen) atoms. The summed E-state index contributed by atoms with van der Waals surface area (Å²) >= 11 is 0. The first-order valence-corrected chi connectivity index (χ1v) is 8.36. The van der Waals surface area contributed by atoms with Crippen molar-refractivity contribution in [3.05, 3.63) is 18.2 Å². The molecule has 2 heterocycles. The van der Waals surface area contributed by atoms with Crippen LogP contribution in [0.1, 0.15) is 32.0 Å².